The van der Waals surface area contributed by atoms with E-state index in [0.717, 1.165) is 27.8 Å². The minimum atomic E-state index is -0.308. The van der Waals surface area contributed by atoms with Crippen LogP contribution in [0.4, 0.5) is 0 Å². The van der Waals surface area contributed by atoms with E-state index in [1.165, 1.54) is 0 Å². The molecular formula is C22H20O2. The van der Waals surface area contributed by atoms with Crippen molar-refractivity contribution >= 4 is 5.97 Å². The number of ether oxygens (including phenoxy) is 1. The fraction of sp³-hybridized carbons (Fsp3) is 0.136. The van der Waals surface area contributed by atoms with Gasteiger partial charge in [-0.25, -0.2) is 4.79 Å². The van der Waals surface area contributed by atoms with E-state index in [0.29, 0.717) is 11.3 Å². The van der Waals surface area contributed by atoms with E-state index in [1.807, 2.05) is 75.4 Å². The number of rotatable bonds is 3. The van der Waals surface area contributed by atoms with E-state index in [9.17, 15) is 4.79 Å². The van der Waals surface area contributed by atoms with E-state index < -0.39 is 0 Å². The Morgan fingerprint density at radius 1 is 0.750 bits per heavy atom. The Hall–Kier alpha value is -2.87. The van der Waals surface area contributed by atoms with Crippen LogP contribution in [0.25, 0.3) is 11.1 Å². The highest BCUT2D eigenvalue weighted by Crippen LogP contribution is 2.24. The summed E-state index contributed by atoms with van der Waals surface area (Å²) in [5.74, 6) is 0.247. The predicted molar refractivity (Wildman–Crippen MR) is 97.5 cm³/mol. The highest BCUT2D eigenvalue weighted by molar-refractivity contribution is 5.94. The molecule has 0 aliphatic heterocycles. The van der Waals surface area contributed by atoms with Crippen LogP contribution in [0, 0.1) is 20.8 Å². The largest absolute Gasteiger partial charge is 0.423 e. The first-order valence-electron chi connectivity index (χ1n) is 8.00. The number of benzene rings is 3. The molecule has 0 fully saturated rings. The number of carbonyl (C=O) groups excluding carboxylic acids is 1. The monoisotopic (exact) mass is 316 g/mol. The summed E-state index contributed by atoms with van der Waals surface area (Å²) in [6, 6.07) is 21.7. The van der Waals surface area contributed by atoms with Gasteiger partial charge in [0.05, 0.1) is 5.56 Å². The Labute approximate surface area is 142 Å². The van der Waals surface area contributed by atoms with Crippen LogP contribution >= 0.6 is 0 Å². The molecule has 2 heteroatoms. The maximum absolute atomic E-state index is 12.5. The lowest BCUT2D eigenvalue weighted by Crippen LogP contribution is -2.12. The molecule has 0 N–H and O–H groups in total. The molecule has 120 valence electrons. The van der Waals surface area contributed by atoms with Crippen LogP contribution in [0.5, 0.6) is 5.75 Å². The fourth-order valence-electron chi connectivity index (χ4n) is 3.01. The van der Waals surface area contributed by atoms with E-state index >= 15 is 0 Å². The van der Waals surface area contributed by atoms with Crippen LogP contribution in [-0.2, 0) is 0 Å². The zero-order valence-electron chi connectivity index (χ0n) is 14.2. The molecule has 0 spiro atoms. The van der Waals surface area contributed by atoms with Gasteiger partial charge in [-0.1, -0.05) is 60.2 Å². The Bertz CT molecular complexity index is 839. The Balaban J connectivity index is 1.81. The molecule has 3 aromatic rings. The highest BCUT2D eigenvalue weighted by atomic mass is 16.5. The second-order valence-corrected chi connectivity index (χ2v) is 6.05. The molecule has 3 aromatic carbocycles. The molecule has 0 atom stereocenters. The maximum Gasteiger partial charge on any atom is 0.344 e. The molecule has 0 saturated carbocycles. The van der Waals surface area contributed by atoms with Crippen molar-refractivity contribution < 1.29 is 9.53 Å². The average Bonchev–Trinajstić information content (AvgIpc) is 2.55. The molecule has 0 aromatic heterocycles. The van der Waals surface area contributed by atoms with Crippen molar-refractivity contribution in [1.82, 2.24) is 0 Å². The van der Waals surface area contributed by atoms with Crippen LogP contribution in [-0.4, -0.2) is 5.97 Å². The summed E-state index contributed by atoms with van der Waals surface area (Å²) in [4.78, 5) is 12.5. The van der Waals surface area contributed by atoms with Crippen LogP contribution in [0.2, 0.25) is 0 Å². The van der Waals surface area contributed by atoms with E-state index in [1.54, 1.807) is 0 Å². The second-order valence-electron chi connectivity index (χ2n) is 6.05. The molecule has 0 amide bonds. The molecule has 0 bridgehead atoms. The lowest BCUT2D eigenvalue weighted by atomic mass is 10.00. The molecule has 24 heavy (non-hydrogen) atoms. The molecule has 2 nitrogen and oxygen atoms in total. The third kappa shape index (κ3) is 3.38. The lowest BCUT2D eigenvalue weighted by molar-refractivity contribution is 0.0733. The van der Waals surface area contributed by atoms with Gasteiger partial charge in [-0.2, -0.15) is 0 Å². The van der Waals surface area contributed by atoms with Crippen molar-refractivity contribution in [3.8, 4) is 16.9 Å². The number of esters is 1. The van der Waals surface area contributed by atoms with Crippen molar-refractivity contribution in [3.63, 3.8) is 0 Å². The Morgan fingerprint density at radius 2 is 1.29 bits per heavy atom. The third-order valence-electron chi connectivity index (χ3n) is 4.05. The van der Waals surface area contributed by atoms with Gasteiger partial charge >= 0.3 is 5.97 Å². The topological polar surface area (TPSA) is 26.3 Å². The zero-order valence-corrected chi connectivity index (χ0v) is 14.2. The lowest BCUT2D eigenvalue weighted by Gasteiger charge is -2.11. The summed E-state index contributed by atoms with van der Waals surface area (Å²) < 4.78 is 5.55. The maximum atomic E-state index is 12.5. The van der Waals surface area contributed by atoms with Crippen molar-refractivity contribution in [3.05, 3.63) is 89.0 Å². The number of hydrogen-bond acceptors (Lipinski definition) is 2. The van der Waals surface area contributed by atoms with Crippen molar-refractivity contribution in [2.24, 2.45) is 0 Å². The average molecular weight is 316 g/mol. The molecule has 3 rings (SSSR count). The normalized spacial score (nSPS) is 10.5. The standard InChI is InChI=1S/C22H20O2/c1-15-13-16(2)21(17(3)14-15)22(23)24-20-11-9-19(10-12-20)18-7-5-4-6-8-18/h4-14H,1-3H3. The van der Waals surface area contributed by atoms with Crippen LogP contribution in [0.3, 0.4) is 0 Å². The Kier molecular flexibility index (Phi) is 4.48. The molecule has 0 saturated heterocycles. The van der Waals surface area contributed by atoms with Crippen LogP contribution in [0.15, 0.2) is 66.7 Å². The number of aryl methyl sites for hydroxylation is 3. The van der Waals surface area contributed by atoms with Gasteiger partial charge < -0.3 is 4.74 Å². The third-order valence-corrected chi connectivity index (χ3v) is 4.05. The molecule has 0 unspecified atom stereocenters. The first kappa shape index (κ1) is 16.0. The SMILES string of the molecule is Cc1cc(C)c(C(=O)Oc2ccc(-c3ccccc3)cc2)c(C)c1. The molecule has 0 radical (unpaired) electrons. The van der Waals surface area contributed by atoms with Crippen molar-refractivity contribution in [2.75, 3.05) is 0 Å². The highest BCUT2D eigenvalue weighted by Gasteiger charge is 2.15. The van der Waals surface area contributed by atoms with Crippen molar-refractivity contribution in [1.29, 1.82) is 0 Å². The summed E-state index contributed by atoms with van der Waals surface area (Å²) in [6.07, 6.45) is 0. The Morgan fingerprint density at radius 3 is 1.88 bits per heavy atom. The minimum Gasteiger partial charge on any atom is -0.423 e. The summed E-state index contributed by atoms with van der Waals surface area (Å²) in [6.45, 7) is 5.90. The first-order valence-corrected chi connectivity index (χ1v) is 8.00. The minimum absolute atomic E-state index is 0.308. The molecule has 0 heterocycles. The predicted octanol–water partition coefficient (Wildman–Crippen LogP) is 5.50. The molecular weight excluding hydrogens is 296 g/mol. The summed E-state index contributed by atoms with van der Waals surface area (Å²) >= 11 is 0. The van der Waals surface area contributed by atoms with Gasteiger partial charge in [0, 0.05) is 0 Å². The smallest absolute Gasteiger partial charge is 0.344 e. The van der Waals surface area contributed by atoms with Gasteiger partial charge in [0.25, 0.3) is 0 Å². The second kappa shape index (κ2) is 6.71. The van der Waals surface area contributed by atoms with Gasteiger partial charge in [0.15, 0.2) is 0 Å². The van der Waals surface area contributed by atoms with Gasteiger partial charge in [0.1, 0.15) is 5.75 Å². The number of hydrogen-bond donors (Lipinski definition) is 0. The van der Waals surface area contributed by atoms with E-state index in [-0.39, 0.29) is 5.97 Å². The summed E-state index contributed by atoms with van der Waals surface area (Å²) in [7, 11) is 0. The van der Waals surface area contributed by atoms with Gasteiger partial charge in [-0.3, -0.25) is 0 Å². The summed E-state index contributed by atoms with van der Waals surface area (Å²) in [5.41, 5.74) is 5.91. The fourth-order valence-corrected chi connectivity index (χ4v) is 3.01. The quantitative estimate of drug-likeness (QED) is 0.471. The van der Waals surface area contributed by atoms with Gasteiger partial charge in [0.2, 0.25) is 0 Å². The van der Waals surface area contributed by atoms with Gasteiger partial charge in [-0.05, 0) is 55.2 Å². The van der Waals surface area contributed by atoms with Gasteiger partial charge in [-0.15, -0.1) is 0 Å². The van der Waals surface area contributed by atoms with Crippen LogP contribution < -0.4 is 4.74 Å². The molecule has 0 aliphatic carbocycles. The number of carbonyl (C=O) groups is 1. The zero-order chi connectivity index (χ0) is 17.1. The summed E-state index contributed by atoms with van der Waals surface area (Å²) in [5, 5.41) is 0. The van der Waals surface area contributed by atoms with Crippen molar-refractivity contribution in [2.45, 2.75) is 20.8 Å². The molecule has 0 aliphatic rings. The van der Waals surface area contributed by atoms with E-state index in [2.05, 4.69) is 12.1 Å². The first-order chi connectivity index (χ1) is 11.5. The van der Waals surface area contributed by atoms with E-state index in [4.69, 9.17) is 4.74 Å². The van der Waals surface area contributed by atoms with Crippen LogP contribution in [0.1, 0.15) is 27.0 Å².